The van der Waals surface area contributed by atoms with Crippen molar-refractivity contribution in [1.29, 1.82) is 0 Å². The molecular formula is C28H32N6O3S. The third-order valence-corrected chi connectivity index (χ3v) is 8.61. The summed E-state index contributed by atoms with van der Waals surface area (Å²) in [6.07, 6.45) is 4.84. The van der Waals surface area contributed by atoms with E-state index in [0.717, 1.165) is 37.3 Å². The Morgan fingerprint density at radius 3 is 2.32 bits per heavy atom. The zero-order chi connectivity index (χ0) is 26.9. The van der Waals surface area contributed by atoms with Gasteiger partial charge in [-0.3, -0.25) is 4.79 Å². The van der Waals surface area contributed by atoms with E-state index in [1.54, 1.807) is 48.5 Å². The highest BCUT2D eigenvalue weighted by atomic mass is 32.2. The topological polar surface area (TPSA) is 109 Å². The summed E-state index contributed by atoms with van der Waals surface area (Å²) in [5.74, 6) is 2.12. The zero-order valence-electron chi connectivity index (χ0n) is 21.8. The number of rotatable bonds is 7. The lowest BCUT2D eigenvalue weighted by molar-refractivity contribution is 0.0928. The molecule has 0 unspecified atom stereocenters. The molecule has 0 bridgehead atoms. The lowest BCUT2D eigenvalue weighted by atomic mass is 9.91. The number of aromatic nitrogens is 3. The fraction of sp³-hybridized carbons (Fsp3) is 0.321. The van der Waals surface area contributed by atoms with E-state index < -0.39 is 10.0 Å². The lowest BCUT2D eigenvalue weighted by Gasteiger charge is -2.30. The summed E-state index contributed by atoms with van der Waals surface area (Å²) < 4.78 is 27.9. The first-order valence-electron chi connectivity index (χ1n) is 12.7. The first-order valence-corrected chi connectivity index (χ1v) is 14.2. The van der Waals surface area contributed by atoms with Gasteiger partial charge in [0.1, 0.15) is 17.5 Å². The Morgan fingerprint density at radius 1 is 0.947 bits per heavy atom. The van der Waals surface area contributed by atoms with Gasteiger partial charge in [0.15, 0.2) is 0 Å². The van der Waals surface area contributed by atoms with Gasteiger partial charge in [-0.05, 0) is 50.8 Å². The van der Waals surface area contributed by atoms with Gasteiger partial charge in [0.25, 0.3) is 15.9 Å². The van der Waals surface area contributed by atoms with Gasteiger partial charge in [-0.2, -0.15) is 0 Å². The monoisotopic (exact) mass is 532 g/mol. The number of carbonyl (C=O) groups excluding carboxylic acids is 1. The number of carbonyl (C=O) groups is 1. The standard InChI is InChI=1S/C28H32N6O3S/c1-19-29-26(17-27(30-19)33(2)3)31-20-13-15-21(16-14-20)32-28(35)24-18-34(25-12-8-7-11-23(24)25)38(36,37)22-9-5-4-6-10-22/h4-12,17-18,20-21H,13-16H2,1-3H3,(H,32,35)(H,29,30,31). The molecule has 1 saturated carbocycles. The van der Waals surface area contributed by atoms with Crippen LogP contribution in [0.4, 0.5) is 11.6 Å². The van der Waals surface area contributed by atoms with Gasteiger partial charge in [-0.1, -0.05) is 36.4 Å². The predicted octanol–water partition coefficient (Wildman–Crippen LogP) is 4.20. The minimum atomic E-state index is -3.85. The van der Waals surface area contributed by atoms with E-state index in [9.17, 15) is 13.2 Å². The molecule has 10 heteroatoms. The molecule has 1 fully saturated rings. The molecule has 0 aliphatic heterocycles. The Hall–Kier alpha value is -3.92. The van der Waals surface area contributed by atoms with Gasteiger partial charge in [0.05, 0.1) is 16.0 Å². The van der Waals surface area contributed by atoms with Crippen LogP contribution in [0.1, 0.15) is 41.9 Å². The van der Waals surface area contributed by atoms with Gasteiger partial charge in [-0.25, -0.2) is 22.4 Å². The van der Waals surface area contributed by atoms with E-state index in [1.165, 1.54) is 10.2 Å². The molecule has 0 saturated heterocycles. The molecule has 1 amide bonds. The van der Waals surface area contributed by atoms with E-state index in [4.69, 9.17) is 0 Å². The third-order valence-electron chi connectivity index (χ3n) is 6.92. The number of fused-ring (bicyclic) bond motifs is 1. The highest BCUT2D eigenvalue weighted by Crippen LogP contribution is 2.28. The predicted molar refractivity (Wildman–Crippen MR) is 149 cm³/mol. The molecular weight excluding hydrogens is 500 g/mol. The Kier molecular flexibility index (Phi) is 7.07. The molecule has 2 aromatic carbocycles. The largest absolute Gasteiger partial charge is 0.367 e. The third kappa shape index (κ3) is 5.22. The van der Waals surface area contributed by atoms with Crippen molar-refractivity contribution in [3.8, 4) is 0 Å². The number of benzene rings is 2. The summed E-state index contributed by atoms with van der Waals surface area (Å²) in [5.41, 5.74) is 0.833. The van der Waals surface area contributed by atoms with Crippen molar-refractivity contribution in [1.82, 2.24) is 19.3 Å². The van der Waals surface area contributed by atoms with Crippen molar-refractivity contribution in [3.63, 3.8) is 0 Å². The van der Waals surface area contributed by atoms with Gasteiger partial charge < -0.3 is 15.5 Å². The van der Waals surface area contributed by atoms with Crippen molar-refractivity contribution in [2.75, 3.05) is 24.3 Å². The summed E-state index contributed by atoms with van der Waals surface area (Å²) in [5, 5.41) is 7.27. The molecule has 0 radical (unpaired) electrons. The number of hydrogen-bond donors (Lipinski definition) is 2. The molecule has 0 atom stereocenters. The van der Waals surface area contributed by atoms with Crippen LogP contribution in [0.5, 0.6) is 0 Å². The molecule has 2 N–H and O–H groups in total. The molecule has 1 aliphatic carbocycles. The smallest absolute Gasteiger partial charge is 0.268 e. The molecule has 1 aliphatic rings. The second-order valence-corrected chi connectivity index (χ2v) is 11.7. The summed E-state index contributed by atoms with van der Waals surface area (Å²) in [6, 6.07) is 17.6. The van der Waals surface area contributed by atoms with Crippen LogP contribution in [0, 0.1) is 6.92 Å². The quantitative estimate of drug-likeness (QED) is 0.367. The fourth-order valence-electron chi connectivity index (χ4n) is 4.95. The Morgan fingerprint density at radius 2 is 1.61 bits per heavy atom. The average molecular weight is 533 g/mol. The summed E-state index contributed by atoms with van der Waals surface area (Å²) in [6.45, 7) is 1.88. The van der Waals surface area contributed by atoms with Crippen molar-refractivity contribution >= 4 is 38.5 Å². The van der Waals surface area contributed by atoms with Crippen molar-refractivity contribution < 1.29 is 13.2 Å². The molecule has 4 aromatic rings. The number of aryl methyl sites for hydroxylation is 1. The Balaban J connectivity index is 1.28. The first kappa shape index (κ1) is 25.7. The first-order chi connectivity index (χ1) is 18.2. The summed E-state index contributed by atoms with van der Waals surface area (Å²) in [7, 11) is 0.0596. The second-order valence-electron chi connectivity index (χ2n) is 9.89. The van der Waals surface area contributed by atoms with E-state index in [1.807, 2.05) is 38.1 Å². The number of nitrogens with zero attached hydrogens (tertiary/aromatic N) is 4. The molecule has 2 aromatic heterocycles. The van der Waals surface area contributed by atoms with Crippen molar-refractivity contribution in [2.45, 2.75) is 49.6 Å². The Labute approximate surface area is 223 Å². The molecule has 38 heavy (non-hydrogen) atoms. The number of para-hydroxylation sites is 1. The van der Waals surface area contributed by atoms with Crippen LogP contribution in [-0.4, -0.2) is 54.4 Å². The van der Waals surface area contributed by atoms with Gasteiger partial charge in [0, 0.05) is 43.8 Å². The van der Waals surface area contributed by atoms with Crippen molar-refractivity contribution in [2.24, 2.45) is 0 Å². The van der Waals surface area contributed by atoms with Crippen molar-refractivity contribution in [3.05, 3.63) is 78.2 Å². The van der Waals surface area contributed by atoms with Crippen LogP contribution in [0.3, 0.4) is 0 Å². The van der Waals surface area contributed by atoms with Gasteiger partial charge in [0.2, 0.25) is 0 Å². The number of amides is 1. The summed E-state index contributed by atoms with van der Waals surface area (Å²) in [4.78, 5) is 24.5. The minimum absolute atomic E-state index is 0.0119. The van der Waals surface area contributed by atoms with Crippen LogP contribution < -0.4 is 15.5 Å². The highest BCUT2D eigenvalue weighted by molar-refractivity contribution is 7.90. The molecule has 0 spiro atoms. The molecule has 9 nitrogen and oxygen atoms in total. The SMILES string of the molecule is Cc1nc(NC2CCC(NC(=O)c3cn(S(=O)(=O)c4ccccc4)c4ccccc34)CC2)cc(N(C)C)n1. The lowest BCUT2D eigenvalue weighted by Crippen LogP contribution is -2.40. The maximum Gasteiger partial charge on any atom is 0.268 e. The molecule has 198 valence electrons. The fourth-order valence-corrected chi connectivity index (χ4v) is 6.34. The minimum Gasteiger partial charge on any atom is -0.367 e. The average Bonchev–Trinajstić information content (AvgIpc) is 3.31. The van der Waals surface area contributed by atoms with E-state index in [-0.39, 0.29) is 22.9 Å². The van der Waals surface area contributed by atoms with Crippen LogP contribution in [0.2, 0.25) is 0 Å². The van der Waals surface area contributed by atoms with Gasteiger partial charge >= 0.3 is 0 Å². The van der Waals surface area contributed by atoms with Crippen LogP contribution in [-0.2, 0) is 10.0 Å². The second kappa shape index (κ2) is 10.4. The zero-order valence-corrected chi connectivity index (χ0v) is 22.6. The van der Waals surface area contributed by atoms with E-state index in [2.05, 4.69) is 20.6 Å². The maximum atomic E-state index is 13.4. The number of nitrogens with one attached hydrogen (secondary N) is 2. The Bertz CT molecular complexity index is 1560. The maximum absolute atomic E-state index is 13.4. The van der Waals surface area contributed by atoms with E-state index >= 15 is 0 Å². The van der Waals surface area contributed by atoms with Crippen LogP contribution >= 0.6 is 0 Å². The highest BCUT2D eigenvalue weighted by Gasteiger charge is 2.27. The molecule has 2 heterocycles. The van der Waals surface area contributed by atoms with Gasteiger partial charge in [-0.15, -0.1) is 0 Å². The van der Waals surface area contributed by atoms with Crippen LogP contribution in [0.25, 0.3) is 10.9 Å². The molecule has 5 rings (SSSR count). The number of anilines is 2. The van der Waals surface area contributed by atoms with Crippen LogP contribution in [0.15, 0.2) is 71.8 Å². The summed E-state index contributed by atoms with van der Waals surface area (Å²) >= 11 is 0. The van der Waals surface area contributed by atoms with E-state index in [0.29, 0.717) is 22.3 Å². The normalized spacial score (nSPS) is 17.8. The number of hydrogen-bond acceptors (Lipinski definition) is 7.